The number of hydrogen-bond acceptors (Lipinski definition) is 4. The van der Waals surface area contributed by atoms with E-state index in [2.05, 4.69) is 27.1 Å². The van der Waals surface area contributed by atoms with Crippen LogP contribution in [-0.4, -0.2) is 42.0 Å². The third-order valence-electron chi connectivity index (χ3n) is 4.88. The lowest BCUT2D eigenvalue weighted by molar-refractivity contribution is -0.137. The van der Waals surface area contributed by atoms with E-state index >= 15 is 0 Å². The minimum Gasteiger partial charge on any atom is -0.347 e. The molecule has 2 aliphatic heterocycles. The number of carbonyl (C=O) groups excluding carboxylic acids is 1. The summed E-state index contributed by atoms with van der Waals surface area (Å²) in [5.41, 5.74) is 0.297. The number of rotatable bonds is 4. The third-order valence-corrected chi connectivity index (χ3v) is 5.71. The summed E-state index contributed by atoms with van der Waals surface area (Å²) in [5.74, 6) is 0.362. The Morgan fingerprint density at radius 1 is 1.38 bits per heavy atom. The number of aromatic nitrogens is 1. The van der Waals surface area contributed by atoms with E-state index < -0.39 is 0 Å². The van der Waals surface area contributed by atoms with E-state index in [1.54, 1.807) is 11.3 Å². The summed E-state index contributed by atoms with van der Waals surface area (Å²) in [6.45, 7) is 6.26. The number of piperidine rings is 2. The zero-order valence-corrected chi connectivity index (χ0v) is 13.7. The zero-order valence-electron chi connectivity index (χ0n) is 12.9. The van der Waals surface area contributed by atoms with E-state index in [0.717, 1.165) is 57.0 Å². The first-order valence-electron chi connectivity index (χ1n) is 8.15. The number of likely N-dealkylation sites (tertiary alicyclic amines) is 1. The molecular weight excluding hydrogens is 282 g/mol. The van der Waals surface area contributed by atoms with Crippen molar-refractivity contribution in [2.75, 3.05) is 31.1 Å². The van der Waals surface area contributed by atoms with Gasteiger partial charge in [0.15, 0.2) is 5.13 Å². The van der Waals surface area contributed by atoms with Gasteiger partial charge in [0.2, 0.25) is 5.91 Å². The minimum atomic E-state index is 0.297. The molecule has 0 saturated carbocycles. The molecule has 1 atom stereocenters. The molecule has 0 aromatic carbocycles. The Labute approximate surface area is 131 Å². The van der Waals surface area contributed by atoms with Crippen LogP contribution in [0.5, 0.6) is 0 Å². The standard InChI is InChI=1S/C16H25N3OS/c1-2-3-9-18-12-16(7-5-14(18)20)6-4-10-19(13-16)15-17-8-11-21-15/h8,11H,2-7,9-10,12-13H2,1H3/t16-/m0/s1. The molecule has 3 rings (SSSR count). The molecule has 1 aromatic heterocycles. The van der Waals surface area contributed by atoms with Crippen LogP contribution in [0.4, 0.5) is 5.13 Å². The lowest BCUT2D eigenvalue weighted by atomic mass is 9.73. The van der Waals surface area contributed by atoms with Crippen molar-refractivity contribution in [1.82, 2.24) is 9.88 Å². The molecule has 116 valence electrons. The molecule has 2 fully saturated rings. The number of hydrogen-bond donors (Lipinski definition) is 0. The van der Waals surface area contributed by atoms with Gasteiger partial charge in [-0.25, -0.2) is 4.98 Å². The van der Waals surface area contributed by atoms with E-state index in [0.29, 0.717) is 11.3 Å². The quantitative estimate of drug-likeness (QED) is 0.857. The number of amides is 1. The molecule has 1 spiro atoms. The second kappa shape index (κ2) is 6.34. The van der Waals surface area contributed by atoms with Crippen LogP contribution in [0.15, 0.2) is 11.6 Å². The molecule has 1 aromatic rings. The Bertz CT molecular complexity index is 476. The second-order valence-electron chi connectivity index (χ2n) is 6.51. The summed E-state index contributed by atoms with van der Waals surface area (Å²) < 4.78 is 0. The van der Waals surface area contributed by atoms with Gasteiger partial charge in [0, 0.05) is 49.6 Å². The van der Waals surface area contributed by atoms with Crippen LogP contribution in [0.25, 0.3) is 0 Å². The average molecular weight is 307 g/mol. The van der Waals surface area contributed by atoms with Gasteiger partial charge in [-0.15, -0.1) is 11.3 Å². The topological polar surface area (TPSA) is 36.4 Å². The fourth-order valence-electron chi connectivity index (χ4n) is 3.73. The summed E-state index contributed by atoms with van der Waals surface area (Å²) in [5, 5.41) is 3.19. The van der Waals surface area contributed by atoms with Crippen LogP contribution in [0.1, 0.15) is 45.4 Å². The molecule has 0 N–H and O–H groups in total. The van der Waals surface area contributed by atoms with Gasteiger partial charge in [-0.1, -0.05) is 13.3 Å². The van der Waals surface area contributed by atoms with E-state index in [1.165, 1.54) is 12.8 Å². The minimum absolute atomic E-state index is 0.297. The van der Waals surface area contributed by atoms with Crippen LogP contribution >= 0.6 is 11.3 Å². The lowest BCUT2D eigenvalue weighted by Crippen LogP contribution is -2.54. The van der Waals surface area contributed by atoms with Gasteiger partial charge < -0.3 is 9.80 Å². The Morgan fingerprint density at radius 3 is 3.05 bits per heavy atom. The summed E-state index contributed by atoms with van der Waals surface area (Å²) in [6, 6.07) is 0. The van der Waals surface area contributed by atoms with Crippen LogP contribution in [0.2, 0.25) is 0 Å². The Morgan fingerprint density at radius 2 is 2.29 bits per heavy atom. The van der Waals surface area contributed by atoms with Gasteiger partial charge in [-0.05, 0) is 25.7 Å². The normalized spacial score (nSPS) is 26.6. The number of unbranched alkanes of at least 4 members (excludes halogenated alkanes) is 1. The molecule has 2 saturated heterocycles. The van der Waals surface area contributed by atoms with Crippen molar-refractivity contribution in [2.24, 2.45) is 5.41 Å². The Balaban J connectivity index is 1.69. The van der Waals surface area contributed by atoms with Crippen molar-refractivity contribution in [3.8, 4) is 0 Å². The molecule has 0 aliphatic carbocycles. The predicted octanol–water partition coefficient (Wildman–Crippen LogP) is 3.15. The third kappa shape index (κ3) is 3.23. The maximum Gasteiger partial charge on any atom is 0.222 e. The van der Waals surface area contributed by atoms with Crippen molar-refractivity contribution in [2.45, 2.75) is 45.4 Å². The largest absolute Gasteiger partial charge is 0.347 e. The zero-order chi connectivity index (χ0) is 14.7. The van der Waals surface area contributed by atoms with Gasteiger partial charge in [0.05, 0.1) is 0 Å². The Hall–Kier alpha value is -1.10. The lowest BCUT2D eigenvalue weighted by Gasteiger charge is -2.48. The highest BCUT2D eigenvalue weighted by Crippen LogP contribution is 2.40. The molecule has 0 unspecified atom stereocenters. The van der Waals surface area contributed by atoms with Gasteiger partial charge >= 0.3 is 0 Å². The fraction of sp³-hybridized carbons (Fsp3) is 0.750. The molecule has 0 bridgehead atoms. The summed E-state index contributed by atoms with van der Waals surface area (Å²) in [6.07, 6.45) is 8.42. The second-order valence-corrected chi connectivity index (χ2v) is 7.38. The smallest absolute Gasteiger partial charge is 0.222 e. The monoisotopic (exact) mass is 307 g/mol. The highest BCUT2D eigenvalue weighted by molar-refractivity contribution is 7.13. The van der Waals surface area contributed by atoms with Gasteiger partial charge in [0.25, 0.3) is 0 Å². The SMILES string of the molecule is CCCCN1C[C@]2(CCCN(c3nccs3)C2)CCC1=O. The molecule has 0 radical (unpaired) electrons. The first-order chi connectivity index (χ1) is 10.2. The van der Waals surface area contributed by atoms with Crippen molar-refractivity contribution < 1.29 is 4.79 Å². The fourth-order valence-corrected chi connectivity index (χ4v) is 4.40. The molecule has 5 heteroatoms. The number of anilines is 1. The van der Waals surface area contributed by atoms with E-state index in [-0.39, 0.29) is 0 Å². The van der Waals surface area contributed by atoms with Gasteiger partial charge in [-0.2, -0.15) is 0 Å². The average Bonchev–Trinajstić information content (AvgIpc) is 3.03. The van der Waals surface area contributed by atoms with E-state index in [1.807, 2.05) is 6.20 Å². The summed E-state index contributed by atoms with van der Waals surface area (Å²) in [7, 11) is 0. The molecule has 1 amide bonds. The number of nitrogens with zero attached hydrogens (tertiary/aromatic N) is 3. The van der Waals surface area contributed by atoms with Crippen molar-refractivity contribution >= 4 is 22.4 Å². The van der Waals surface area contributed by atoms with Crippen LogP contribution in [0, 0.1) is 5.41 Å². The van der Waals surface area contributed by atoms with Crippen LogP contribution in [0.3, 0.4) is 0 Å². The van der Waals surface area contributed by atoms with Crippen LogP contribution < -0.4 is 4.90 Å². The summed E-state index contributed by atoms with van der Waals surface area (Å²) >= 11 is 1.73. The maximum absolute atomic E-state index is 12.1. The van der Waals surface area contributed by atoms with E-state index in [9.17, 15) is 4.79 Å². The molecule has 21 heavy (non-hydrogen) atoms. The molecular formula is C16H25N3OS. The van der Waals surface area contributed by atoms with Gasteiger partial charge in [-0.3, -0.25) is 4.79 Å². The van der Waals surface area contributed by atoms with Crippen molar-refractivity contribution in [1.29, 1.82) is 0 Å². The highest BCUT2D eigenvalue weighted by atomic mass is 32.1. The van der Waals surface area contributed by atoms with Crippen LogP contribution in [-0.2, 0) is 4.79 Å². The molecule has 2 aliphatic rings. The van der Waals surface area contributed by atoms with E-state index in [4.69, 9.17) is 0 Å². The summed E-state index contributed by atoms with van der Waals surface area (Å²) in [4.78, 5) is 21.2. The first-order valence-corrected chi connectivity index (χ1v) is 9.03. The molecule has 3 heterocycles. The van der Waals surface area contributed by atoms with Gasteiger partial charge in [0.1, 0.15) is 0 Å². The number of thiazole rings is 1. The first kappa shape index (κ1) is 14.8. The molecule has 4 nitrogen and oxygen atoms in total. The Kier molecular flexibility index (Phi) is 4.48. The highest BCUT2D eigenvalue weighted by Gasteiger charge is 2.41. The van der Waals surface area contributed by atoms with Crippen molar-refractivity contribution in [3.63, 3.8) is 0 Å². The predicted molar refractivity (Wildman–Crippen MR) is 86.7 cm³/mol. The maximum atomic E-state index is 12.1. The van der Waals surface area contributed by atoms with Crippen molar-refractivity contribution in [3.05, 3.63) is 11.6 Å². The number of carbonyl (C=O) groups is 1.